The summed E-state index contributed by atoms with van der Waals surface area (Å²) in [4.78, 5) is 9.99. The number of carbonyl (C=O) groups is 1. The second-order valence-electron chi connectivity index (χ2n) is 1.98. The van der Waals surface area contributed by atoms with E-state index >= 15 is 0 Å². The molecule has 0 spiro atoms. The van der Waals surface area contributed by atoms with Crippen molar-refractivity contribution < 1.29 is 4.79 Å². The van der Waals surface area contributed by atoms with Crippen molar-refractivity contribution >= 4 is 18.9 Å². The van der Waals surface area contributed by atoms with Crippen molar-refractivity contribution in [2.75, 3.05) is 5.75 Å². The van der Waals surface area contributed by atoms with E-state index in [1.54, 1.807) is 0 Å². The lowest BCUT2D eigenvalue weighted by atomic mass is 10.1. The van der Waals surface area contributed by atoms with Crippen molar-refractivity contribution in [2.45, 2.75) is 19.8 Å². The van der Waals surface area contributed by atoms with Crippen LogP contribution >= 0.6 is 12.6 Å². The first-order chi connectivity index (χ1) is 3.81. The molecule has 1 nitrogen and oxygen atoms in total. The summed E-state index contributed by atoms with van der Waals surface area (Å²) in [7, 11) is 0. The Kier molecular flexibility index (Phi) is 5.18. The third-order valence-corrected chi connectivity index (χ3v) is 1.37. The van der Waals surface area contributed by atoms with Gasteiger partial charge in [0.25, 0.3) is 0 Å². The molecule has 0 aromatic carbocycles. The highest BCUT2D eigenvalue weighted by Crippen LogP contribution is 2.01. The zero-order valence-electron chi connectivity index (χ0n) is 5.13. The summed E-state index contributed by atoms with van der Waals surface area (Å²) in [6.45, 7) is 1.93. The molecule has 8 heavy (non-hydrogen) atoms. The largest absolute Gasteiger partial charge is 0.303 e. The van der Waals surface area contributed by atoms with E-state index in [4.69, 9.17) is 0 Å². The first kappa shape index (κ1) is 8.02. The van der Waals surface area contributed by atoms with Gasteiger partial charge in [-0.05, 0) is 18.6 Å². The van der Waals surface area contributed by atoms with E-state index in [0.717, 1.165) is 24.9 Å². The Morgan fingerprint density at radius 3 is 2.75 bits per heavy atom. The van der Waals surface area contributed by atoms with Gasteiger partial charge < -0.3 is 4.79 Å². The first-order valence-corrected chi connectivity index (χ1v) is 3.50. The molecule has 2 heteroatoms. The van der Waals surface area contributed by atoms with Crippen molar-refractivity contribution in [2.24, 2.45) is 5.92 Å². The SMILES string of the molecule is CC(C=O)CCCS. The van der Waals surface area contributed by atoms with Crippen LogP contribution in [0.3, 0.4) is 0 Å². The van der Waals surface area contributed by atoms with Gasteiger partial charge in [0.1, 0.15) is 6.29 Å². The first-order valence-electron chi connectivity index (χ1n) is 2.87. The van der Waals surface area contributed by atoms with Crippen LogP contribution in [0.2, 0.25) is 0 Å². The minimum Gasteiger partial charge on any atom is -0.303 e. The maximum absolute atomic E-state index is 9.99. The molecule has 1 atom stereocenters. The summed E-state index contributed by atoms with van der Waals surface area (Å²) in [5.41, 5.74) is 0. The molecule has 1 unspecified atom stereocenters. The quantitative estimate of drug-likeness (QED) is 0.453. The fourth-order valence-corrected chi connectivity index (χ4v) is 0.664. The van der Waals surface area contributed by atoms with Crippen molar-refractivity contribution in [3.63, 3.8) is 0 Å². The molecule has 0 bridgehead atoms. The number of carbonyl (C=O) groups excluding carboxylic acids is 1. The number of rotatable bonds is 4. The van der Waals surface area contributed by atoms with Crippen molar-refractivity contribution in [3.8, 4) is 0 Å². The molecule has 0 rings (SSSR count). The summed E-state index contributed by atoms with van der Waals surface area (Å²) < 4.78 is 0. The van der Waals surface area contributed by atoms with Crippen LogP contribution in [0.15, 0.2) is 0 Å². The minimum atomic E-state index is 0.224. The summed E-state index contributed by atoms with van der Waals surface area (Å²) in [5, 5.41) is 0. The molecule has 0 saturated carbocycles. The van der Waals surface area contributed by atoms with Crippen molar-refractivity contribution in [1.29, 1.82) is 0 Å². The van der Waals surface area contributed by atoms with Gasteiger partial charge in [-0.15, -0.1) is 0 Å². The summed E-state index contributed by atoms with van der Waals surface area (Å²) in [6, 6.07) is 0. The Bertz CT molecular complexity index is 63.5. The average molecular weight is 132 g/mol. The van der Waals surface area contributed by atoms with E-state index in [-0.39, 0.29) is 5.92 Å². The Balaban J connectivity index is 2.98. The Hall–Kier alpha value is 0.0200. The standard InChI is InChI=1S/C6H12OS/c1-6(5-7)3-2-4-8/h5-6,8H,2-4H2,1H3. The van der Waals surface area contributed by atoms with Gasteiger partial charge in [0.05, 0.1) is 0 Å². The molecular formula is C6H12OS. The molecule has 0 aliphatic rings. The molecule has 0 radical (unpaired) electrons. The second kappa shape index (κ2) is 5.16. The maximum atomic E-state index is 9.99. The van der Waals surface area contributed by atoms with E-state index in [0.29, 0.717) is 0 Å². The number of aldehydes is 1. The van der Waals surface area contributed by atoms with E-state index in [9.17, 15) is 4.79 Å². The third-order valence-electron chi connectivity index (χ3n) is 1.05. The molecule has 48 valence electrons. The zero-order valence-corrected chi connectivity index (χ0v) is 6.03. The van der Waals surface area contributed by atoms with Gasteiger partial charge in [0.15, 0.2) is 0 Å². The molecule has 0 aromatic heterocycles. The third kappa shape index (κ3) is 4.19. The van der Waals surface area contributed by atoms with Gasteiger partial charge in [-0.3, -0.25) is 0 Å². The lowest BCUT2D eigenvalue weighted by Crippen LogP contribution is -1.94. The van der Waals surface area contributed by atoms with Crippen LogP contribution in [0.25, 0.3) is 0 Å². The van der Waals surface area contributed by atoms with E-state index < -0.39 is 0 Å². The van der Waals surface area contributed by atoms with Gasteiger partial charge >= 0.3 is 0 Å². The van der Waals surface area contributed by atoms with Gasteiger partial charge in [-0.2, -0.15) is 12.6 Å². The van der Waals surface area contributed by atoms with Crippen LogP contribution in [-0.4, -0.2) is 12.0 Å². The van der Waals surface area contributed by atoms with Gasteiger partial charge in [-0.1, -0.05) is 6.92 Å². The van der Waals surface area contributed by atoms with Gasteiger partial charge in [0.2, 0.25) is 0 Å². The van der Waals surface area contributed by atoms with Crippen LogP contribution < -0.4 is 0 Å². The van der Waals surface area contributed by atoms with E-state index in [1.807, 2.05) is 6.92 Å². The lowest BCUT2D eigenvalue weighted by molar-refractivity contribution is -0.110. The lowest BCUT2D eigenvalue weighted by Gasteiger charge is -1.97. The van der Waals surface area contributed by atoms with E-state index in [1.165, 1.54) is 0 Å². The predicted octanol–water partition coefficient (Wildman–Crippen LogP) is 1.53. The Morgan fingerprint density at radius 1 is 1.75 bits per heavy atom. The summed E-state index contributed by atoms with van der Waals surface area (Å²) >= 11 is 4.02. The Labute approximate surface area is 55.9 Å². The maximum Gasteiger partial charge on any atom is 0.122 e. The van der Waals surface area contributed by atoms with Gasteiger partial charge in [0, 0.05) is 5.92 Å². The smallest absolute Gasteiger partial charge is 0.122 e. The monoisotopic (exact) mass is 132 g/mol. The second-order valence-corrected chi connectivity index (χ2v) is 2.43. The molecule has 0 amide bonds. The molecule has 0 N–H and O–H groups in total. The predicted molar refractivity (Wildman–Crippen MR) is 38.3 cm³/mol. The molecule has 0 saturated heterocycles. The summed E-state index contributed by atoms with van der Waals surface area (Å²) in [6.07, 6.45) is 3.01. The van der Waals surface area contributed by atoms with Gasteiger partial charge in [-0.25, -0.2) is 0 Å². The normalized spacial score (nSPS) is 13.2. The highest BCUT2D eigenvalue weighted by atomic mass is 32.1. The topological polar surface area (TPSA) is 17.1 Å². The molecule has 0 heterocycles. The molecule has 0 aromatic rings. The molecular weight excluding hydrogens is 120 g/mol. The van der Waals surface area contributed by atoms with E-state index in [2.05, 4.69) is 12.6 Å². The van der Waals surface area contributed by atoms with Crippen molar-refractivity contribution in [1.82, 2.24) is 0 Å². The van der Waals surface area contributed by atoms with Crippen LogP contribution in [0.5, 0.6) is 0 Å². The molecule has 0 fully saturated rings. The molecule has 0 aliphatic heterocycles. The fraction of sp³-hybridized carbons (Fsp3) is 0.833. The average Bonchev–Trinajstić information content (AvgIpc) is 1.83. The summed E-state index contributed by atoms with van der Waals surface area (Å²) in [5.74, 6) is 1.11. The highest BCUT2D eigenvalue weighted by molar-refractivity contribution is 7.80. The van der Waals surface area contributed by atoms with Crippen molar-refractivity contribution in [3.05, 3.63) is 0 Å². The fourth-order valence-electron chi connectivity index (χ4n) is 0.481. The zero-order chi connectivity index (χ0) is 6.41. The van der Waals surface area contributed by atoms with Crippen LogP contribution in [-0.2, 0) is 4.79 Å². The van der Waals surface area contributed by atoms with Crippen LogP contribution in [0, 0.1) is 5.92 Å². The molecule has 0 aliphatic carbocycles. The number of hydrogen-bond acceptors (Lipinski definition) is 2. The minimum absolute atomic E-state index is 0.224. The van der Waals surface area contributed by atoms with Crippen LogP contribution in [0.1, 0.15) is 19.8 Å². The number of thiol groups is 1. The van der Waals surface area contributed by atoms with Crippen LogP contribution in [0.4, 0.5) is 0 Å². The highest BCUT2D eigenvalue weighted by Gasteiger charge is 1.95. The number of hydrogen-bond donors (Lipinski definition) is 1. The Morgan fingerprint density at radius 2 is 2.38 bits per heavy atom.